The van der Waals surface area contributed by atoms with Crippen LogP contribution in [-0.2, 0) is 36.3 Å². The van der Waals surface area contributed by atoms with Gasteiger partial charge in [-0.25, -0.2) is 4.98 Å². The number of hydrogen-bond donors (Lipinski definition) is 0. The average molecular weight is 884 g/mol. The topological polar surface area (TPSA) is 78.6 Å². The Morgan fingerprint density at radius 3 is 1.88 bits per heavy atom. The first kappa shape index (κ1) is 44.4. The molecular formula is C44H46ClF3N6RuS. The second-order valence-corrected chi connectivity index (χ2v) is 13.7. The van der Waals surface area contributed by atoms with E-state index in [1.807, 2.05) is 47.9 Å². The molecule has 0 saturated carbocycles. The molecule has 294 valence electrons. The molecule has 0 saturated heterocycles. The fraction of sp³-hybridized carbons (Fsp3) is 0.295. The molecule has 0 spiro atoms. The van der Waals surface area contributed by atoms with Crippen LogP contribution in [0.4, 0.5) is 13.2 Å². The summed E-state index contributed by atoms with van der Waals surface area (Å²) in [4.78, 5) is 19.3. The van der Waals surface area contributed by atoms with Gasteiger partial charge in [0.25, 0.3) is 0 Å². The van der Waals surface area contributed by atoms with Crippen molar-refractivity contribution in [2.45, 2.75) is 85.2 Å². The minimum absolute atomic E-state index is 0.139. The molecule has 6 rings (SSSR count). The summed E-state index contributed by atoms with van der Waals surface area (Å²) >= 11 is 3.46. The molecule has 12 heteroatoms. The molecule has 6 aromatic heterocycles. The molecule has 0 fully saturated rings. The van der Waals surface area contributed by atoms with Crippen molar-refractivity contribution in [3.8, 4) is 44.6 Å². The Bertz CT molecular complexity index is 2080. The number of hydrogen-bond acceptors (Lipinski definition) is 6. The standard InChI is InChI=1S/C25H27N3.C19H19F3N3S.ClH.Ru/c1-4-7-9-20-11-13-26-22(17-20)24-15-19(6-3)16-25(28-24)23-18-21(10-8-5-2)12-14-27-23;1-2-3-4-5-6-13-8-10-26-18(13)14-7-9-23-15(11-14)16-12-17(25-24-16)19(20,21)22;;/h7-18H,4-6H2,1-3H3;7-12H,2-6H2,1H3;1H;/q;-1;;+2/p-1/b9-7+,10-8+;;;. The Labute approximate surface area is 346 Å². The third kappa shape index (κ3) is 13.1. The number of aryl methyl sites for hydroxylation is 2. The van der Waals surface area contributed by atoms with Crippen molar-refractivity contribution in [3.05, 3.63) is 125 Å². The van der Waals surface area contributed by atoms with Crippen molar-refractivity contribution in [2.24, 2.45) is 0 Å². The number of halogens is 4. The van der Waals surface area contributed by atoms with E-state index in [2.05, 4.69) is 123 Å². The predicted molar refractivity (Wildman–Crippen MR) is 222 cm³/mol. The maximum atomic E-state index is 12.7. The molecule has 0 aliphatic heterocycles. The molecule has 0 atom stereocenters. The zero-order valence-electron chi connectivity index (χ0n) is 32.0. The number of aromatic nitrogens is 6. The predicted octanol–water partition coefficient (Wildman–Crippen LogP) is 13.3. The van der Waals surface area contributed by atoms with Crippen LogP contribution in [0.3, 0.4) is 0 Å². The van der Waals surface area contributed by atoms with E-state index in [4.69, 9.17) is 4.98 Å². The number of thiophene rings is 1. The summed E-state index contributed by atoms with van der Waals surface area (Å²) in [6, 6.07) is 19.2. The molecule has 56 heavy (non-hydrogen) atoms. The molecule has 0 aliphatic carbocycles. The van der Waals surface area contributed by atoms with Gasteiger partial charge in [-0.3, -0.25) is 15.0 Å². The average Bonchev–Trinajstić information content (AvgIpc) is 3.93. The molecule has 6 heterocycles. The van der Waals surface area contributed by atoms with Gasteiger partial charge in [-0.15, -0.1) is 11.3 Å². The molecule has 0 aromatic carbocycles. The van der Waals surface area contributed by atoms with Crippen LogP contribution in [-0.4, -0.2) is 25.0 Å². The monoisotopic (exact) mass is 884 g/mol. The van der Waals surface area contributed by atoms with E-state index in [-0.39, 0.29) is 5.69 Å². The SMILES string of the molecule is CC/C=C/c1ccnc(-c2cc(CC)cc(-c3cc(/C=C/CC)ccn3)n2)c1.CCCCCCc1ccsc1-c1ccnc(-c2cc(C(F)(F)F)n[n-]2)c1.[Cl][Ru+]. The van der Waals surface area contributed by atoms with Crippen LogP contribution >= 0.6 is 21.0 Å². The van der Waals surface area contributed by atoms with Crippen LogP contribution in [0.25, 0.3) is 56.8 Å². The molecular weight excluding hydrogens is 838 g/mol. The second kappa shape index (κ2) is 23.1. The van der Waals surface area contributed by atoms with Crippen molar-refractivity contribution in [2.75, 3.05) is 0 Å². The van der Waals surface area contributed by atoms with E-state index in [1.54, 1.807) is 23.6 Å². The van der Waals surface area contributed by atoms with Gasteiger partial charge in [0.15, 0.2) is 0 Å². The molecule has 6 aromatic rings. The van der Waals surface area contributed by atoms with E-state index in [9.17, 15) is 13.2 Å². The quantitative estimate of drug-likeness (QED) is 0.0801. The number of alkyl halides is 3. The first-order chi connectivity index (χ1) is 27.2. The molecule has 0 bridgehead atoms. The van der Waals surface area contributed by atoms with Crippen molar-refractivity contribution in [3.63, 3.8) is 0 Å². The fourth-order valence-corrected chi connectivity index (χ4v) is 6.69. The van der Waals surface area contributed by atoms with Gasteiger partial charge >= 0.3 is 33.2 Å². The Balaban J connectivity index is 0.000000239. The summed E-state index contributed by atoms with van der Waals surface area (Å²) in [5.74, 6) is 0. The van der Waals surface area contributed by atoms with Crippen molar-refractivity contribution in [1.29, 1.82) is 0 Å². The summed E-state index contributed by atoms with van der Waals surface area (Å²) in [6.45, 7) is 8.61. The van der Waals surface area contributed by atoms with Gasteiger partial charge in [0.1, 0.15) is 5.69 Å². The zero-order chi connectivity index (χ0) is 40.3. The van der Waals surface area contributed by atoms with Gasteiger partial charge in [-0.05, 0) is 126 Å². The molecule has 6 nitrogen and oxygen atoms in total. The maximum absolute atomic E-state index is 12.7. The van der Waals surface area contributed by atoms with Gasteiger partial charge in [0.2, 0.25) is 0 Å². The van der Waals surface area contributed by atoms with Crippen molar-refractivity contribution >= 4 is 33.2 Å². The molecule has 0 aliphatic rings. The van der Waals surface area contributed by atoms with E-state index >= 15 is 0 Å². The van der Waals surface area contributed by atoms with E-state index < -0.39 is 11.9 Å². The number of allylic oxidation sites excluding steroid dienone is 2. The van der Waals surface area contributed by atoms with Gasteiger partial charge in [0, 0.05) is 23.5 Å². The van der Waals surface area contributed by atoms with Crippen molar-refractivity contribution < 1.29 is 30.5 Å². The fourth-order valence-electron chi connectivity index (χ4n) is 5.74. The Morgan fingerprint density at radius 1 is 0.714 bits per heavy atom. The number of unbranched alkanes of at least 4 members (excludes halogenated alkanes) is 3. The normalized spacial score (nSPS) is 11.4. The van der Waals surface area contributed by atoms with Crippen molar-refractivity contribution in [1.82, 2.24) is 30.1 Å². The van der Waals surface area contributed by atoms with E-state index in [0.29, 0.717) is 5.69 Å². The van der Waals surface area contributed by atoms with Crippen LogP contribution in [0.1, 0.15) is 94.2 Å². The summed E-state index contributed by atoms with van der Waals surface area (Å²) in [6.07, 6.45) is 18.1. The summed E-state index contributed by atoms with van der Waals surface area (Å²) in [5.41, 5.74) is 8.82. The van der Waals surface area contributed by atoms with Crippen LogP contribution in [0, 0.1) is 0 Å². The van der Waals surface area contributed by atoms with Crippen LogP contribution in [0.5, 0.6) is 0 Å². The second-order valence-electron chi connectivity index (χ2n) is 12.8. The molecule has 0 radical (unpaired) electrons. The first-order valence-corrected chi connectivity index (χ1v) is 21.8. The number of pyridine rings is 4. The zero-order valence-corrected chi connectivity index (χ0v) is 35.3. The van der Waals surface area contributed by atoms with E-state index in [1.165, 1.54) is 30.4 Å². The molecule has 0 amide bonds. The van der Waals surface area contributed by atoms with Gasteiger partial charge in [-0.2, -0.15) is 13.2 Å². The van der Waals surface area contributed by atoms with E-state index in [0.717, 1.165) is 82.5 Å². The molecule has 0 N–H and O–H groups in total. The van der Waals surface area contributed by atoms with Gasteiger partial charge < -0.3 is 10.2 Å². The number of rotatable bonds is 14. The Kier molecular flexibility index (Phi) is 18.3. The van der Waals surface area contributed by atoms with Crippen LogP contribution in [0.2, 0.25) is 0 Å². The minimum atomic E-state index is -4.50. The first-order valence-electron chi connectivity index (χ1n) is 18.7. The van der Waals surface area contributed by atoms with Crippen LogP contribution in [0.15, 0.2) is 96.8 Å². The third-order valence-corrected chi connectivity index (χ3v) is 9.64. The molecule has 0 unspecified atom stereocenters. The summed E-state index contributed by atoms with van der Waals surface area (Å²) < 4.78 is 38.2. The number of nitrogens with zero attached hydrogens (tertiary/aromatic N) is 6. The third-order valence-electron chi connectivity index (χ3n) is 8.64. The summed E-state index contributed by atoms with van der Waals surface area (Å²) in [5, 5.41) is 8.91. The van der Waals surface area contributed by atoms with Gasteiger partial charge in [0.05, 0.1) is 28.5 Å². The Morgan fingerprint density at radius 2 is 1.32 bits per heavy atom. The van der Waals surface area contributed by atoms with Gasteiger partial charge in [-0.1, -0.05) is 77.0 Å². The van der Waals surface area contributed by atoms with Crippen LogP contribution < -0.4 is 5.10 Å². The Hall–Kier alpha value is -4.31. The summed E-state index contributed by atoms with van der Waals surface area (Å²) in [7, 11) is 4.57.